The summed E-state index contributed by atoms with van der Waals surface area (Å²) >= 11 is 0.278. The Morgan fingerprint density at radius 2 is 1.41 bits per heavy atom. The lowest BCUT2D eigenvalue weighted by molar-refractivity contribution is 0.438. The molecule has 32 heavy (non-hydrogen) atoms. The summed E-state index contributed by atoms with van der Waals surface area (Å²) < 4.78 is 9.65. The van der Waals surface area contributed by atoms with Gasteiger partial charge in [0.05, 0.1) is 11.1 Å². The summed E-state index contributed by atoms with van der Waals surface area (Å²) in [6, 6.07) is 33.2. The van der Waals surface area contributed by atoms with E-state index in [1.807, 2.05) is 0 Å². The Labute approximate surface area is 195 Å². The van der Waals surface area contributed by atoms with Crippen LogP contribution in [0.25, 0.3) is 22.0 Å². The summed E-state index contributed by atoms with van der Waals surface area (Å²) in [4.78, 5) is 3.83. The minimum Gasteiger partial charge on any atom is -0.454 e. The van der Waals surface area contributed by atoms with Gasteiger partial charge < -0.3 is 9.72 Å². The van der Waals surface area contributed by atoms with Crippen molar-refractivity contribution in [2.45, 2.75) is 5.41 Å². The van der Waals surface area contributed by atoms with Gasteiger partial charge in [0, 0.05) is 20.9 Å². The van der Waals surface area contributed by atoms with Crippen LogP contribution in [0.4, 0.5) is 0 Å². The van der Waals surface area contributed by atoms with Crippen LogP contribution in [0.2, 0.25) is 0 Å². The predicted molar refractivity (Wildman–Crippen MR) is 139 cm³/mol. The lowest BCUT2D eigenvalue weighted by atomic mass is 9.68. The van der Waals surface area contributed by atoms with E-state index < -0.39 is 5.41 Å². The number of benzene rings is 4. The van der Waals surface area contributed by atoms with Gasteiger partial charge in [0.25, 0.3) is 0 Å². The number of para-hydroxylation sites is 1. The van der Waals surface area contributed by atoms with E-state index in [-0.39, 0.29) is 20.7 Å². The molecule has 5 aromatic rings. The van der Waals surface area contributed by atoms with Gasteiger partial charge in [-0.25, -0.2) is 0 Å². The number of hydrogen-bond donors (Lipinski definition) is 1. The van der Waals surface area contributed by atoms with Crippen LogP contribution >= 0.6 is 20.7 Å². The Morgan fingerprint density at radius 3 is 2.12 bits per heavy atom. The fraction of sp³-hybridized carbons (Fsp3) is 0.0690. The number of hydrogen-bond acceptors (Lipinski definition) is 1. The first-order chi connectivity index (χ1) is 15.9. The van der Waals surface area contributed by atoms with E-state index in [0.717, 1.165) is 22.7 Å². The standard InChI is InChI=1S/C29H18INO/c1-3-9-21-18(7-1)19-8-2-4-10-22(19)29(21)23-11-5-6-12-26(23)32-27-20-15-17(24-16-30-24)13-14-25(20)31-28(27)29/h1-15,31H,16H2. The number of aromatic nitrogens is 1. The van der Waals surface area contributed by atoms with Crippen molar-refractivity contribution >= 4 is 35.1 Å². The third kappa shape index (κ3) is 2.03. The highest BCUT2D eigenvalue weighted by Gasteiger charge is 2.52. The maximum atomic E-state index is 6.67. The van der Waals surface area contributed by atoms with Gasteiger partial charge in [-0.1, -0.05) is 72.8 Å². The molecule has 0 unspecified atom stereocenters. The highest BCUT2D eigenvalue weighted by Crippen LogP contribution is 2.62. The van der Waals surface area contributed by atoms with Crippen molar-refractivity contribution in [3.8, 4) is 22.6 Å². The van der Waals surface area contributed by atoms with Crippen molar-refractivity contribution in [1.82, 2.24) is 4.98 Å². The highest BCUT2D eigenvalue weighted by atomic mass is 127. The van der Waals surface area contributed by atoms with Crippen LogP contribution in [0, 0.1) is 0 Å². The van der Waals surface area contributed by atoms with Gasteiger partial charge in [-0.2, -0.15) is 0 Å². The summed E-state index contributed by atoms with van der Waals surface area (Å²) in [6.07, 6.45) is 0. The second kappa shape index (κ2) is 5.99. The number of halogens is 1. The molecule has 0 fully saturated rings. The Balaban J connectivity index is 1.56. The van der Waals surface area contributed by atoms with Crippen molar-refractivity contribution in [2.24, 2.45) is 0 Å². The van der Waals surface area contributed by atoms with Crippen LogP contribution in [0.15, 0.2) is 91.0 Å². The number of ether oxygens (including phenoxy) is 1. The van der Waals surface area contributed by atoms with E-state index in [0.29, 0.717) is 0 Å². The van der Waals surface area contributed by atoms with Crippen molar-refractivity contribution in [1.29, 1.82) is 0 Å². The molecule has 1 aromatic heterocycles. The minimum absolute atomic E-state index is 0.278. The van der Waals surface area contributed by atoms with Crippen LogP contribution in [-0.2, 0) is 5.41 Å². The first-order valence-corrected chi connectivity index (χ1v) is 13.5. The molecule has 3 heteroatoms. The van der Waals surface area contributed by atoms with E-state index in [4.69, 9.17) is 4.74 Å². The largest absolute Gasteiger partial charge is 0.454 e. The van der Waals surface area contributed by atoms with E-state index in [2.05, 4.69) is 96.0 Å². The molecular weight excluding hydrogens is 505 g/mol. The second-order valence-corrected chi connectivity index (χ2v) is 11.5. The Hall–Kier alpha value is -3.18. The van der Waals surface area contributed by atoms with Crippen molar-refractivity contribution in [2.75, 3.05) is 4.43 Å². The number of alkyl halides is 1. The molecule has 1 aliphatic carbocycles. The minimum atomic E-state index is -0.407. The topological polar surface area (TPSA) is 25.0 Å². The number of fused-ring (bicyclic) bond motifs is 11. The molecule has 2 aliphatic heterocycles. The molecule has 4 aromatic carbocycles. The van der Waals surface area contributed by atoms with Crippen LogP contribution < -0.4 is 4.74 Å². The van der Waals surface area contributed by atoms with E-state index in [1.165, 1.54) is 43.2 Å². The average Bonchev–Trinajstić information content (AvgIpc) is 3.58. The average molecular weight is 523 g/mol. The third-order valence-electron chi connectivity index (χ3n) is 7.16. The van der Waals surface area contributed by atoms with Crippen molar-refractivity contribution in [3.63, 3.8) is 0 Å². The van der Waals surface area contributed by atoms with Crippen molar-refractivity contribution < 1.29 is 4.74 Å². The Morgan fingerprint density at radius 1 is 0.750 bits per heavy atom. The number of aromatic amines is 1. The number of nitrogens with one attached hydrogen (secondary N) is 1. The molecule has 8 rings (SSSR count). The fourth-order valence-corrected chi connectivity index (χ4v) is 7.21. The van der Waals surface area contributed by atoms with Crippen LogP contribution in [0.3, 0.4) is 0 Å². The first-order valence-electron chi connectivity index (χ1n) is 10.9. The summed E-state index contributed by atoms with van der Waals surface area (Å²) in [5.74, 6) is 1.93. The molecule has 0 atom stereocenters. The van der Waals surface area contributed by atoms with Gasteiger partial charge in [0.2, 0.25) is 0 Å². The third-order valence-corrected chi connectivity index (χ3v) is 9.31. The van der Waals surface area contributed by atoms with Gasteiger partial charge in [-0.05, 0) is 49.5 Å². The molecule has 0 radical (unpaired) electrons. The maximum Gasteiger partial charge on any atom is 0.157 e. The molecule has 3 heterocycles. The Bertz CT molecular complexity index is 1600. The van der Waals surface area contributed by atoms with Gasteiger partial charge in [0.1, 0.15) is 5.75 Å². The van der Waals surface area contributed by atoms with Gasteiger partial charge in [0.15, 0.2) is 5.75 Å². The second-order valence-electron chi connectivity index (χ2n) is 8.70. The summed E-state index contributed by atoms with van der Waals surface area (Å²) in [6.45, 7) is 0. The van der Waals surface area contributed by atoms with Crippen molar-refractivity contribution in [3.05, 3.63) is 119 Å². The van der Waals surface area contributed by atoms with Crippen LogP contribution in [0.5, 0.6) is 11.5 Å². The Kier molecular flexibility index (Phi) is 3.25. The quantitative estimate of drug-likeness (QED) is 0.180. The number of rotatable bonds is 1. The molecule has 3 aliphatic rings. The van der Waals surface area contributed by atoms with E-state index in [9.17, 15) is 0 Å². The zero-order chi connectivity index (χ0) is 20.9. The monoisotopic (exact) mass is 523 g/mol. The molecule has 0 bridgehead atoms. The lowest BCUT2D eigenvalue weighted by Crippen LogP contribution is -2.32. The lowest BCUT2D eigenvalue weighted by Gasteiger charge is -2.37. The molecule has 0 saturated heterocycles. The zero-order valence-electron chi connectivity index (χ0n) is 17.2. The summed E-state index contributed by atoms with van der Waals surface area (Å²) in [5, 5.41) is 1.19. The normalized spacial score (nSPS) is 16.3. The SMILES string of the molecule is c1ccc2c(c1)Oc1c([nH]c3ccc(C4=IC4)cc13)C21c2ccccc2-c2ccccc21. The number of H-pyrrole nitrogens is 1. The van der Waals surface area contributed by atoms with Gasteiger partial charge in [-0.3, -0.25) is 0 Å². The zero-order valence-corrected chi connectivity index (χ0v) is 19.3. The van der Waals surface area contributed by atoms with Crippen LogP contribution in [0.1, 0.15) is 27.9 Å². The molecule has 0 amide bonds. The van der Waals surface area contributed by atoms with Gasteiger partial charge in [-0.15, -0.1) is 20.7 Å². The molecular formula is C29H18INO. The van der Waals surface area contributed by atoms with E-state index in [1.54, 1.807) is 3.51 Å². The summed E-state index contributed by atoms with van der Waals surface area (Å²) in [7, 11) is 0. The summed E-state index contributed by atoms with van der Waals surface area (Å²) in [5.41, 5.74) is 9.76. The first kappa shape index (κ1) is 17.4. The predicted octanol–water partition coefficient (Wildman–Crippen LogP) is 7.14. The molecule has 152 valence electrons. The van der Waals surface area contributed by atoms with E-state index >= 15 is 0 Å². The molecule has 1 N–H and O–H groups in total. The van der Waals surface area contributed by atoms with Crippen LogP contribution in [-0.4, -0.2) is 12.9 Å². The smallest absolute Gasteiger partial charge is 0.157 e. The highest BCUT2D eigenvalue weighted by molar-refractivity contribution is 14.2. The maximum absolute atomic E-state index is 6.67. The molecule has 2 nitrogen and oxygen atoms in total. The molecule has 0 saturated carbocycles. The fourth-order valence-electron chi connectivity index (χ4n) is 5.80. The molecule has 1 spiro atoms. The van der Waals surface area contributed by atoms with Gasteiger partial charge >= 0.3 is 0 Å².